The summed E-state index contributed by atoms with van der Waals surface area (Å²) in [6, 6.07) is 8.25. The molecule has 1 aliphatic carbocycles. The van der Waals surface area contributed by atoms with E-state index in [1.807, 2.05) is 12.1 Å². The molecule has 1 heteroatoms. The number of hydrogen-bond donors (Lipinski definition) is 0. The molecule has 0 heterocycles. The lowest BCUT2D eigenvalue weighted by Gasteiger charge is -2.23. The summed E-state index contributed by atoms with van der Waals surface area (Å²) in [6.07, 6.45) is 4.94. The summed E-state index contributed by atoms with van der Waals surface area (Å²) in [5.41, 5.74) is 2.81. The van der Waals surface area contributed by atoms with Crippen molar-refractivity contribution in [2.75, 3.05) is 0 Å². The summed E-state index contributed by atoms with van der Waals surface area (Å²) in [5, 5.41) is 0.823. The number of halogens is 1. The van der Waals surface area contributed by atoms with Crippen molar-refractivity contribution in [3.8, 4) is 0 Å². The second kappa shape index (κ2) is 4.18. The third-order valence-corrected chi connectivity index (χ3v) is 3.21. The molecule has 1 aliphatic rings. The molecule has 0 spiro atoms. The van der Waals surface area contributed by atoms with Crippen LogP contribution in [0, 0.1) is 0 Å². The van der Waals surface area contributed by atoms with Crippen molar-refractivity contribution in [3.05, 3.63) is 47.0 Å². The van der Waals surface area contributed by atoms with Crippen LogP contribution in [0.2, 0.25) is 5.02 Å². The Balaban J connectivity index is 2.14. The van der Waals surface area contributed by atoms with Gasteiger partial charge in [-0.05, 0) is 49.3 Å². The molecule has 0 aromatic heterocycles. The highest BCUT2D eigenvalue weighted by Crippen LogP contribution is 2.35. The second-order valence-corrected chi connectivity index (χ2v) is 4.53. The van der Waals surface area contributed by atoms with Gasteiger partial charge in [-0.25, -0.2) is 0 Å². The third-order valence-electron chi connectivity index (χ3n) is 2.96. The monoisotopic (exact) mass is 206 g/mol. The maximum atomic E-state index is 5.86. The van der Waals surface area contributed by atoms with Gasteiger partial charge in [-0.3, -0.25) is 0 Å². The van der Waals surface area contributed by atoms with Crippen LogP contribution < -0.4 is 0 Å². The average Bonchev–Trinajstić information content (AvgIpc) is 2.19. The van der Waals surface area contributed by atoms with Crippen molar-refractivity contribution < 1.29 is 0 Å². The van der Waals surface area contributed by atoms with Gasteiger partial charge in [0.25, 0.3) is 0 Å². The van der Waals surface area contributed by atoms with Gasteiger partial charge in [-0.1, -0.05) is 35.9 Å². The smallest absolute Gasteiger partial charge is 0.0406 e. The quantitative estimate of drug-likeness (QED) is 0.592. The van der Waals surface area contributed by atoms with Gasteiger partial charge in [-0.15, -0.1) is 0 Å². The van der Waals surface area contributed by atoms with Crippen molar-refractivity contribution in [2.45, 2.75) is 31.6 Å². The molecule has 0 aliphatic heterocycles. The predicted molar refractivity (Wildman–Crippen MR) is 61.8 cm³/mol. The fourth-order valence-electron chi connectivity index (χ4n) is 2.17. The molecule has 14 heavy (non-hydrogen) atoms. The van der Waals surface area contributed by atoms with E-state index in [2.05, 4.69) is 18.7 Å². The molecule has 0 bridgehead atoms. The van der Waals surface area contributed by atoms with Gasteiger partial charge < -0.3 is 0 Å². The number of hydrogen-bond acceptors (Lipinski definition) is 0. The van der Waals surface area contributed by atoms with E-state index in [4.69, 9.17) is 11.6 Å². The molecule has 0 saturated heterocycles. The Morgan fingerprint density at radius 2 is 1.93 bits per heavy atom. The first-order chi connectivity index (χ1) is 6.75. The SMILES string of the molecule is C=C1CCCC(c2ccc(Cl)cc2)C1. The molecule has 1 aromatic rings. The van der Waals surface area contributed by atoms with Gasteiger partial charge in [0.1, 0.15) is 0 Å². The van der Waals surface area contributed by atoms with E-state index in [0.29, 0.717) is 5.92 Å². The van der Waals surface area contributed by atoms with Crippen molar-refractivity contribution in [1.82, 2.24) is 0 Å². The Morgan fingerprint density at radius 1 is 1.21 bits per heavy atom. The normalized spacial score (nSPS) is 22.4. The van der Waals surface area contributed by atoms with E-state index in [0.717, 1.165) is 11.4 Å². The maximum Gasteiger partial charge on any atom is 0.0406 e. The highest BCUT2D eigenvalue weighted by Gasteiger charge is 2.17. The molecule has 1 aromatic carbocycles. The van der Waals surface area contributed by atoms with Gasteiger partial charge in [0.05, 0.1) is 0 Å². The molecule has 0 nitrogen and oxygen atoms in total. The maximum absolute atomic E-state index is 5.86. The number of benzene rings is 1. The zero-order valence-corrected chi connectivity index (χ0v) is 9.06. The lowest BCUT2D eigenvalue weighted by Crippen LogP contribution is -2.05. The lowest BCUT2D eigenvalue weighted by atomic mass is 9.82. The Kier molecular flexibility index (Phi) is 2.93. The molecule has 0 N–H and O–H groups in total. The van der Waals surface area contributed by atoms with Crippen LogP contribution in [0.25, 0.3) is 0 Å². The molecule has 1 unspecified atom stereocenters. The standard InChI is InChI=1S/C13H15Cl/c1-10-3-2-4-12(9-10)11-5-7-13(14)8-6-11/h5-8,12H,1-4,9H2. The second-order valence-electron chi connectivity index (χ2n) is 4.09. The highest BCUT2D eigenvalue weighted by molar-refractivity contribution is 6.30. The highest BCUT2D eigenvalue weighted by atomic mass is 35.5. The molecule has 2 rings (SSSR count). The Bertz CT molecular complexity index is 324. The van der Waals surface area contributed by atoms with Gasteiger partial charge >= 0.3 is 0 Å². The topological polar surface area (TPSA) is 0 Å². The molecule has 1 fully saturated rings. The van der Waals surface area contributed by atoms with Crippen molar-refractivity contribution >= 4 is 11.6 Å². The molecule has 0 radical (unpaired) electrons. The zero-order chi connectivity index (χ0) is 9.97. The van der Waals surface area contributed by atoms with E-state index in [-0.39, 0.29) is 0 Å². The van der Waals surface area contributed by atoms with Crippen LogP contribution in [0.5, 0.6) is 0 Å². The number of allylic oxidation sites excluding steroid dienone is 1. The summed E-state index contributed by atoms with van der Waals surface area (Å²) in [7, 11) is 0. The van der Waals surface area contributed by atoms with E-state index < -0.39 is 0 Å². The van der Waals surface area contributed by atoms with Crippen LogP contribution in [0.15, 0.2) is 36.4 Å². The first kappa shape index (κ1) is 9.79. The lowest BCUT2D eigenvalue weighted by molar-refractivity contribution is 0.524. The fraction of sp³-hybridized carbons (Fsp3) is 0.385. The van der Waals surface area contributed by atoms with Gasteiger partial charge in [-0.2, -0.15) is 0 Å². The van der Waals surface area contributed by atoms with Crippen LogP contribution in [-0.2, 0) is 0 Å². The molecule has 1 atom stereocenters. The van der Waals surface area contributed by atoms with Crippen LogP contribution in [0.3, 0.4) is 0 Å². The first-order valence-corrected chi connectivity index (χ1v) is 5.55. The van der Waals surface area contributed by atoms with Crippen LogP contribution in [0.4, 0.5) is 0 Å². The molecule has 0 amide bonds. The largest absolute Gasteiger partial charge is 0.0998 e. The summed E-state index contributed by atoms with van der Waals surface area (Å²) in [4.78, 5) is 0. The summed E-state index contributed by atoms with van der Waals surface area (Å²) >= 11 is 5.86. The van der Waals surface area contributed by atoms with E-state index in [1.165, 1.54) is 30.4 Å². The minimum absolute atomic E-state index is 0.675. The third kappa shape index (κ3) is 2.19. The van der Waals surface area contributed by atoms with Crippen molar-refractivity contribution in [3.63, 3.8) is 0 Å². The zero-order valence-electron chi connectivity index (χ0n) is 8.30. The summed E-state index contributed by atoms with van der Waals surface area (Å²) in [6.45, 7) is 4.08. The van der Waals surface area contributed by atoms with E-state index in [9.17, 15) is 0 Å². The van der Waals surface area contributed by atoms with Crippen LogP contribution in [-0.4, -0.2) is 0 Å². The minimum Gasteiger partial charge on any atom is -0.0998 e. The van der Waals surface area contributed by atoms with E-state index in [1.54, 1.807) is 0 Å². The molecular formula is C13H15Cl. The molecular weight excluding hydrogens is 192 g/mol. The van der Waals surface area contributed by atoms with Gasteiger partial charge in [0, 0.05) is 5.02 Å². The summed E-state index contributed by atoms with van der Waals surface area (Å²) in [5.74, 6) is 0.675. The molecule has 74 valence electrons. The Hall–Kier alpha value is -0.750. The number of rotatable bonds is 1. The van der Waals surface area contributed by atoms with Gasteiger partial charge in [0.15, 0.2) is 0 Å². The van der Waals surface area contributed by atoms with Gasteiger partial charge in [0.2, 0.25) is 0 Å². The van der Waals surface area contributed by atoms with Crippen molar-refractivity contribution in [2.24, 2.45) is 0 Å². The minimum atomic E-state index is 0.675. The summed E-state index contributed by atoms with van der Waals surface area (Å²) < 4.78 is 0. The van der Waals surface area contributed by atoms with E-state index >= 15 is 0 Å². The fourth-order valence-corrected chi connectivity index (χ4v) is 2.30. The Morgan fingerprint density at radius 3 is 2.57 bits per heavy atom. The Labute approximate surface area is 90.6 Å². The molecule has 1 saturated carbocycles. The average molecular weight is 207 g/mol. The first-order valence-electron chi connectivity index (χ1n) is 5.18. The van der Waals surface area contributed by atoms with Crippen molar-refractivity contribution in [1.29, 1.82) is 0 Å². The van der Waals surface area contributed by atoms with Crippen LogP contribution >= 0.6 is 11.6 Å². The predicted octanol–water partition coefficient (Wildman–Crippen LogP) is 4.55. The van der Waals surface area contributed by atoms with Crippen LogP contribution in [0.1, 0.15) is 37.2 Å².